The normalized spacial score (nSPS) is 19.4. The molecule has 0 saturated heterocycles. The van der Waals surface area contributed by atoms with Gasteiger partial charge in [-0.15, -0.1) is 16.4 Å². The van der Waals surface area contributed by atoms with E-state index in [1.165, 1.54) is 11.3 Å². The van der Waals surface area contributed by atoms with Gasteiger partial charge in [-0.3, -0.25) is 19.6 Å². The highest BCUT2D eigenvalue weighted by Gasteiger charge is 2.61. The molecule has 0 aliphatic carbocycles. The van der Waals surface area contributed by atoms with Crippen molar-refractivity contribution in [2.75, 3.05) is 11.4 Å². The van der Waals surface area contributed by atoms with Crippen LogP contribution in [-0.2, 0) is 15.0 Å². The lowest BCUT2D eigenvalue weighted by Gasteiger charge is -2.32. The van der Waals surface area contributed by atoms with Crippen LogP contribution in [-0.4, -0.2) is 33.7 Å². The van der Waals surface area contributed by atoms with E-state index in [9.17, 15) is 20.0 Å². The highest BCUT2D eigenvalue weighted by Crippen LogP contribution is 2.57. The summed E-state index contributed by atoms with van der Waals surface area (Å²) < 4.78 is 5.59. The summed E-state index contributed by atoms with van der Waals surface area (Å²) in [6.45, 7) is -0.557. The molecule has 148 valence electrons. The third-order valence-corrected chi connectivity index (χ3v) is 6.16. The molecule has 2 aromatic heterocycles. The lowest BCUT2D eigenvalue weighted by Crippen LogP contribution is -2.47. The fourth-order valence-corrected chi connectivity index (χ4v) is 4.91. The molecule has 4 N–H and O–H groups in total. The molecule has 1 atom stereocenters. The van der Waals surface area contributed by atoms with Crippen molar-refractivity contribution in [2.24, 2.45) is 5.73 Å². The predicted molar refractivity (Wildman–Crippen MR) is 107 cm³/mol. The summed E-state index contributed by atoms with van der Waals surface area (Å²) >= 11 is 1.42. The van der Waals surface area contributed by atoms with E-state index in [4.69, 9.17) is 10.5 Å². The lowest BCUT2D eigenvalue weighted by atomic mass is 9.69. The maximum atomic E-state index is 13.9. The molecule has 0 saturated carbocycles. The van der Waals surface area contributed by atoms with Crippen molar-refractivity contribution in [1.82, 2.24) is 10.2 Å². The number of anilines is 1. The Balaban J connectivity index is 1.90. The van der Waals surface area contributed by atoms with Crippen LogP contribution >= 0.6 is 11.3 Å². The Morgan fingerprint density at radius 3 is 2.87 bits per heavy atom. The maximum Gasteiger partial charge on any atom is 0.323 e. The molecule has 5 rings (SSSR count). The average Bonchev–Trinajstić information content (AvgIpc) is 3.43. The van der Waals surface area contributed by atoms with Crippen LogP contribution in [0.5, 0.6) is 5.88 Å². The van der Waals surface area contributed by atoms with Gasteiger partial charge in [-0.05, 0) is 17.5 Å². The third kappa shape index (κ3) is 2.12. The number of fused-ring (bicyclic) bond motifs is 4. The number of hydrogen-bond donors (Lipinski definition) is 3. The number of carboxylic acids is 1. The SMILES string of the molecule is N#CC1=C(N)Oc2n[nH]c(-c3cccs3)c2C12C(=O)N(CC(=O)O)c1ccccc12. The molecule has 10 heteroatoms. The van der Waals surface area contributed by atoms with E-state index < -0.39 is 23.8 Å². The first-order valence-corrected chi connectivity index (χ1v) is 9.72. The molecule has 3 aromatic rings. The van der Waals surface area contributed by atoms with Gasteiger partial charge in [0.1, 0.15) is 23.6 Å². The van der Waals surface area contributed by atoms with E-state index in [1.807, 2.05) is 23.6 Å². The molecule has 1 amide bonds. The van der Waals surface area contributed by atoms with E-state index in [-0.39, 0.29) is 17.3 Å². The number of ether oxygens (including phenoxy) is 1. The van der Waals surface area contributed by atoms with Crippen molar-refractivity contribution in [2.45, 2.75) is 5.41 Å². The van der Waals surface area contributed by atoms with Gasteiger partial charge in [-0.25, -0.2) is 0 Å². The van der Waals surface area contributed by atoms with Gasteiger partial charge in [0.2, 0.25) is 17.7 Å². The first-order chi connectivity index (χ1) is 14.5. The Kier molecular flexibility index (Phi) is 3.71. The maximum absolute atomic E-state index is 13.9. The summed E-state index contributed by atoms with van der Waals surface area (Å²) in [7, 11) is 0. The van der Waals surface area contributed by atoms with Crippen LogP contribution in [0.1, 0.15) is 11.1 Å². The van der Waals surface area contributed by atoms with Crippen molar-refractivity contribution in [1.29, 1.82) is 5.26 Å². The minimum absolute atomic E-state index is 0.0789. The van der Waals surface area contributed by atoms with Gasteiger partial charge < -0.3 is 15.6 Å². The average molecular weight is 419 g/mol. The van der Waals surface area contributed by atoms with Crippen molar-refractivity contribution in [3.63, 3.8) is 0 Å². The molecule has 2 aliphatic heterocycles. The van der Waals surface area contributed by atoms with E-state index in [0.717, 1.165) is 9.78 Å². The lowest BCUT2D eigenvalue weighted by molar-refractivity contribution is -0.136. The highest BCUT2D eigenvalue weighted by atomic mass is 32.1. The first kappa shape index (κ1) is 18.0. The summed E-state index contributed by atoms with van der Waals surface area (Å²) in [4.78, 5) is 27.3. The molecule has 2 aliphatic rings. The Labute approximate surface area is 173 Å². The number of nitrogens with zero attached hydrogens (tertiary/aromatic N) is 3. The number of nitriles is 1. The largest absolute Gasteiger partial charge is 0.480 e. The number of rotatable bonds is 3. The molecule has 1 aromatic carbocycles. The van der Waals surface area contributed by atoms with Gasteiger partial charge in [0, 0.05) is 11.3 Å². The van der Waals surface area contributed by atoms with Gasteiger partial charge in [-0.2, -0.15) is 5.26 Å². The molecular weight excluding hydrogens is 406 g/mol. The molecule has 0 bridgehead atoms. The summed E-state index contributed by atoms with van der Waals surface area (Å²) in [5, 5.41) is 28.4. The minimum Gasteiger partial charge on any atom is -0.480 e. The zero-order chi connectivity index (χ0) is 21.0. The number of thiophene rings is 1. The van der Waals surface area contributed by atoms with Gasteiger partial charge in [0.15, 0.2) is 0 Å². The number of aromatic nitrogens is 2. The number of nitrogens with one attached hydrogen (secondary N) is 1. The van der Waals surface area contributed by atoms with Gasteiger partial charge in [0.05, 0.1) is 16.1 Å². The third-order valence-electron chi connectivity index (χ3n) is 5.27. The van der Waals surface area contributed by atoms with Crippen LogP contribution in [0.4, 0.5) is 5.69 Å². The number of carbonyl (C=O) groups is 2. The number of para-hydroxylation sites is 1. The van der Waals surface area contributed by atoms with E-state index in [0.29, 0.717) is 22.5 Å². The number of benzene rings is 1. The van der Waals surface area contributed by atoms with Crippen molar-refractivity contribution >= 4 is 28.9 Å². The van der Waals surface area contributed by atoms with Crippen molar-refractivity contribution in [3.8, 4) is 22.5 Å². The predicted octanol–water partition coefficient (Wildman–Crippen LogP) is 1.94. The van der Waals surface area contributed by atoms with Crippen LogP contribution < -0.4 is 15.4 Å². The Hall–Kier alpha value is -4.10. The summed E-state index contributed by atoms with van der Waals surface area (Å²) in [5.41, 5.74) is 6.01. The molecule has 30 heavy (non-hydrogen) atoms. The minimum atomic E-state index is -1.66. The summed E-state index contributed by atoms with van der Waals surface area (Å²) in [6.07, 6.45) is 0. The van der Waals surface area contributed by atoms with Gasteiger partial charge in [-0.1, -0.05) is 24.3 Å². The molecule has 1 unspecified atom stereocenters. The number of H-pyrrole nitrogens is 1. The topological polar surface area (TPSA) is 145 Å². The Morgan fingerprint density at radius 1 is 1.37 bits per heavy atom. The van der Waals surface area contributed by atoms with Crippen LogP contribution in [0.25, 0.3) is 10.6 Å². The zero-order valence-electron chi connectivity index (χ0n) is 15.2. The zero-order valence-corrected chi connectivity index (χ0v) is 16.1. The van der Waals surface area contributed by atoms with Crippen LogP contribution in [0, 0.1) is 11.3 Å². The van der Waals surface area contributed by atoms with Crippen molar-refractivity contribution in [3.05, 3.63) is 64.4 Å². The Morgan fingerprint density at radius 2 is 2.17 bits per heavy atom. The van der Waals surface area contributed by atoms with Crippen LogP contribution in [0.2, 0.25) is 0 Å². The smallest absolute Gasteiger partial charge is 0.323 e. The van der Waals surface area contributed by atoms with Crippen molar-refractivity contribution < 1.29 is 19.4 Å². The van der Waals surface area contributed by atoms with E-state index >= 15 is 0 Å². The molecule has 1 spiro atoms. The second-order valence-corrected chi connectivity index (χ2v) is 7.71. The number of aliphatic carboxylic acids is 1. The number of aromatic amines is 1. The van der Waals surface area contributed by atoms with Crippen LogP contribution in [0.15, 0.2) is 53.2 Å². The fourth-order valence-electron chi connectivity index (χ4n) is 4.18. The number of amides is 1. The fraction of sp³-hybridized carbons (Fsp3) is 0.100. The van der Waals surface area contributed by atoms with E-state index in [1.54, 1.807) is 24.3 Å². The van der Waals surface area contributed by atoms with Crippen LogP contribution in [0.3, 0.4) is 0 Å². The highest BCUT2D eigenvalue weighted by molar-refractivity contribution is 7.13. The molecule has 0 fully saturated rings. The first-order valence-electron chi connectivity index (χ1n) is 8.84. The number of carboxylic acid groups (broad SMARTS) is 1. The summed E-state index contributed by atoms with van der Waals surface area (Å²) in [6, 6.07) is 12.5. The second-order valence-electron chi connectivity index (χ2n) is 6.76. The van der Waals surface area contributed by atoms with E-state index in [2.05, 4.69) is 10.2 Å². The Bertz CT molecular complexity index is 1290. The number of nitrogens with two attached hydrogens (primary N) is 1. The second kappa shape index (κ2) is 6.20. The number of hydrogen-bond acceptors (Lipinski definition) is 7. The molecule has 0 radical (unpaired) electrons. The molecule has 4 heterocycles. The quantitative estimate of drug-likeness (QED) is 0.588. The standard InChI is InChI=1S/C20H13N5O4S/c21-8-11-17(22)29-18-15(16(23-24-18)13-6-3-7-30-13)20(11)10-4-1-2-5-12(10)25(19(20)28)9-14(26)27/h1-7H,9,22H2,(H,23,24)(H,26,27). The molecular formula is C20H13N5O4S. The molecule has 9 nitrogen and oxygen atoms in total. The van der Waals surface area contributed by atoms with Gasteiger partial charge >= 0.3 is 5.97 Å². The van der Waals surface area contributed by atoms with Gasteiger partial charge in [0.25, 0.3) is 0 Å². The monoisotopic (exact) mass is 419 g/mol. The number of carbonyl (C=O) groups excluding carboxylic acids is 1. The summed E-state index contributed by atoms with van der Waals surface area (Å²) in [5.74, 6) is -1.93.